The second kappa shape index (κ2) is 13.1. The number of Topliss-reactive ketones (excluding diaryl/α,β-unsaturated/α-hetero) is 1. The lowest BCUT2D eigenvalue weighted by molar-refractivity contribution is -0.142. The molecule has 6 N–H and O–H groups in total. The van der Waals surface area contributed by atoms with Gasteiger partial charge in [-0.25, -0.2) is 4.79 Å². The maximum atomic E-state index is 13.5. The SMILES string of the molecule is CC(C)=C[C@@H]1C[C@H]2C(=O)N[C@H](C(=O)C(N)=O)CCCCCCCCC[C@H](NC(N)=O)C(=O)N2C1. The second-order valence-corrected chi connectivity index (χ2v) is 9.65. The first-order valence-electron chi connectivity index (χ1n) is 12.3. The van der Waals surface area contributed by atoms with E-state index in [2.05, 4.69) is 10.6 Å². The first-order chi connectivity index (χ1) is 16.1. The number of fused-ring (bicyclic) bond motifs is 1. The minimum Gasteiger partial charge on any atom is -0.363 e. The van der Waals surface area contributed by atoms with E-state index in [1.807, 2.05) is 19.9 Å². The highest BCUT2D eigenvalue weighted by atomic mass is 16.2. The molecule has 2 heterocycles. The number of urea groups is 1. The quantitative estimate of drug-likeness (QED) is 0.353. The maximum Gasteiger partial charge on any atom is 0.312 e. The van der Waals surface area contributed by atoms with Gasteiger partial charge in [0.2, 0.25) is 17.6 Å². The van der Waals surface area contributed by atoms with Gasteiger partial charge in [-0.05, 0) is 39.0 Å². The molecule has 0 radical (unpaired) electrons. The predicted octanol–water partition coefficient (Wildman–Crippen LogP) is 1.27. The highest BCUT2D eigenvalue weighted by molar-refractivity contribution is 6.37. The van der Waals surface area contributed by atoms with E-state index in [0.29, 0.717) is 32.2 Å². The minimum atomic E-state index is -1.09. The fourth-order valence-corrected chi connectivity index (χ4v) is 4.87. The molecule has 5 amide bonds. The van der Waals surface area contributed by atoms with E-state index in [1.165, 1.54) is 4.90 Å². The molecule has 2 aliphatic rings. The Morgan fingerprint density at radius 1 is 0.971 bits per heavy atom. The van der Waals surface area contributed by atoms with Crippen LogP contribution in [-0.2, 0) is 19.2 Å². The van der Waals surface area contributed by atoms with Crippen LogP contribution < -0.4 is 22.1 Å². The summed E-state index contributed by atoms with van der Waals surface area (Å²) in [5.74, 6) is -2.84. The molecule has 2 aliphatic heterocycles. The van der Waals surface area contributed by atoms with Crippen molar-refractivity contribution in [3.63, 3.8) is 0 Å². The number of nitrogens with two attached hydrogens (primary N) is 2. The molecule has 2 fully saturated rings. The summed E-state index contributed by atoms with van der Waals surface area (Å²) in [6.45, 7) is 4.20. The van der Waals surface area contributed by atoms with E-state index in [0.717, 1.165) is 44.1 Å². The van der Waals surface area contributed by atoms with Gasteiger partial charge in [0.25, 0.3) is 5.91 Å². The second-order valence-electron chi connectivity index (χ2n) is 9.65. The van der Waals surface area contributed by atoms with Crippen LogP contribution in [0.2, 0.25) is 0 Å². The van der Waals surface area contributed by atoms with E-state index in [-0.39, 0.29) is 11.8 Å². The van der Waals surface area contributed by atoms with Crippen LogP contribution in [0.5, 0.6) is 0 Å². The largest absolute Gasteiger partial charge is 0.363 e. The van der Waals surface area contributed by atoms with E-state index in [1.54, 1.807) is 0 Å². The van der Waals surface area contributed by atoms with E-state index >= 15 is 0 Å². The van der Waals surface area contributed by atoms with Crippen LogP contribution in [-0.4, -0.2) is 59.1 Å². The molecule has 190 valence electrons. The van der Waals surface area contributed by atoms with Crippen molar-refractivity contribution in [3.05, 3.63) is 11.6 Å². The van der Waals surface area contributed by atoms with Gasteiger partial charge in [-0.1, -0.05) is 56.6 Å². The van der Waals surface area contributed by atoms with Gasteiger partial charge in [0.15, 0.2) is 0 Å². The summed E-state index contributed by atoms with van der Waals surface area (Å²) in [6.07, 6.45) is 9.33. The van der Waals surface area contributed by atoms with Crippen molar-refractivity contribution in [3.8, 4) is 0 Å². The fraction of sp³-hybridized carbons (Fsp3) is 0.708. The molecule has 0 bridgehead atoms. The molecule has 10 nitrogen and oxygen atoms in total. The third kappa shape index (κ3) is 8.14. The average molecular weight is 478 g/mol. The first kappa shape index (κ1) is 27.3. The molecule has 4 atom stereocenters. The molecule has 2 saturated heterocycles. The van der Waals surface area contributed by atoms with Crippen molar-refractivity contribution in [2.24, 2.45) is 17.4 Å². The number of nitrogens with one attached hydrogen (secondary N) is 2. The van der Waals surface area contributed by atoms with Crippen LogP contribution in [0.15, 0.2) is 11.6 Å². The Balaban J connectivity index is 2.34. The van der Waals surface area contributed by atoms with Crippen LogP contribution in [0.4, 0.5) is 4.79 Å². The number of rotatable bonds is 4. The van der Waals surface area contributed by atoms with Crippen molar-refractivity contribution in [1.82, 2.24) is 15.5 Å². The van der Waals surface area contributed by atoms with Gasteiger partial charge in [0, 0.05) is 6.54 Å². The third-order valence-corrected chi connectivity index (χ3v) is 6.46. The number of amides is 5. The summed E-state index contributed by atoms with van der Waals surface area (Å²) in [6, 6.07) is -3.46. The molecule has 0 spiro atoms. The Labute approximate surface area is 201 Å². The lowest BCUT2D eigenvalue weighted by Gasteiger charge is -2.29. The molecule has 10 heteroatoms. The maximum absolute atomic E-state index is 13.5. The minimum absolute atomic E-state index is 0.0497. The van der Waals surface area contributed by atoms with Gasteiger partial charge in [-0.2, -0.15) is 0 Å². The van der Waals surface area contributed by atoms with E-state index in [4.69, 9.17) is 11.5 Å². The molecule has 0 aromatic carbocycles. The summed E-state index contributed by atoms with van der Waals surface area (Å²) in [5.41, 5.74) is 11.6. The van der Waals surface area contributed by atoms with Gasteiger partial charge in [-0.3, -0.25) is 19.2 Å². The number of ketones is 1. The molecule has 0 aromatic rings. The molecule has 34 heavy (non-hydrogen) atoms. The van der Waals surface area contributed by atoms with Crippen LogP contribution in [0.25, 0.3) is 0 Å². The highest BCUT2D eigenvalue weighted by Gasteiger charge is 2.42. The number of carbonyl (C=O) groups is 5. The Morgan fingerprint density at radius 3 is 2.12 bits per heavy atom. The number of hydrogen-bond acceptors (Lipinski definition) is 5. The van der Waals surface area contributed by atoms with Crippen molar-refractivity contribution in [2.75, 3.05) is 6.54 Å². The normalized spacial score (nSPS) is 27.3. The zero-order valence-electron chi connectivity index (χ0n) is 20.3. The zero-order valence-corrected chi connectivity index (χ0v) is 20.3. The topological polar surface area (TPSA) is 165 Å². The van der Waals surface area contributed by atoms with Gasteiger partial charge >= 0.3 is 6.03 Å². The van der Waals surface area contributed by atoms with Gasteiger partial charge in [-0.15, -0.1) is 0 Å². The van der Waals surface area contributed by atoms with Crippen molar-refractivity contribution in [1.29, 1.82) is 0 Å². The average Bonchev–Trinajstić information content (AvgIpc) is 3.17. The lowest BCUT2D eigenvalue weighted by atomic mass is 9.99. The first-order valence-corrected chi connectivity index (χ1v) is 12.3. The summed E-state index contributed by atoms with van der Waals surface area (Å²) in [5, 5.41) is 5.23. The lowest BCUT2D eigenvalue weighted by Crippen LogP contribution is -2.56. The number of primary amides is 2. The van der Waals surface area contributed by atoms with Crippen molar-refractivity contribution >= 4 is 29.5 Å². The molecule has 0 saturated carbocycles. The van der Waals surface area contributed by atoms with E-state index < -0.39 is 41.8 Å². The van der Waals surface area contributed by atoms with E-state index in [9.17, 15) is 24.0 Å². The van der Waals surface area contributed by atoms with Gasteiger partial charge < -0.3 is 27.0 Å². The number of hydrogen-bond donors (Lipinski definition) is 4. The zero-order chi connectivity index (χ0) is 25.3. The standard InChI is InChI=1S/C24H39N5O5/c1-15(2)12-16-13-19-22(32)27-17(20(30)21(25)31)10-8-6-4-3-5-7-9-11-18(28-24(26)34)23(33)29(19)14-16/h12,16-19H,3-11,13-14H2,1-2H3,(H2,25,31)(H,27,32)(H3,26,28,34)/t16-,17+,18+,19+/m1/s1. The Kier molecular flexibility index (Phi) is 10.5. The van der Waals surface area contributed by atoms with Crippen molar-refractivity contribution < 1.29 is 24.0 Å². The summed E-state index contributed by atoms with van der Waals surface area (Å²) in [4.78, 5) is 63.8. The molecular formula is C24H39N5O5. The smallest absolute Gasteiger partial charge is 0.312 e. The molecule has 0 unspecified atom stereocenters. The number of allylic oxidation sites excluding steroid dienone is 1. The van der Waals surface area contributed by atoms with Crippen LogP contribution >= 0.6 is 0 Å². The highest BCUT2D eigenvalue weighted by Crippen LogP contribution is 2.27. The Bertz CT molecular complexity index is 808. The summed E-state index contributed by atoms with van der Waals surface area (Å²) in [7, 11) is 0. The summed E-state index contributed by atoms with van der Waals surface area (Å²) < 4.78 is 0. The molecule has 0 aromatic heterocycles. The Morgan fingerprint density at radius 2 is 1.56 bits per heavy atom. The monoisotopic (exact) mass is 477 g/mol. The Hall–Kier alpha value is -2.91. The fourth-order valence-electron chi connectivity index (χ4n) is 4.87. The number of nitrogens with zero attached hydrogens (tertiary/aromatic N) is 1. The summed E-state index contributed by atoms with van der Waals surface area (Å²) >= 11 is 0. The van der Waals surface area contributed by atoms with Gasteiger partial charge in [0.05, 0.1) is 6.04 Å². The molecule has 2 rings (SSSR count). The van der Waals surface area contributed by atoms with Crippen LogP contribution in [0, 0.1) is 5.92 Å². The van der Waals surface area contributed by atoms with Gasteiger partial charge in [0.1, 0.15) is 12.1 Å². The predicted molar refractivity (Wildman–Crippen MR) is 127 cm³/mol. The third-order valence-electron chi connectivity index (χ3n) is 6.46. The molecular weight excluding hydrogens is 438 g/mol. The molecule has 0 aliphatic carbocycles. The number of carbonyl (C=O) groups excluding carboxylic acids is 5. The van der Waals surface area contributed by atoms with Crippen LogP contribution in [0.3, 0.4) is 0 Å². The van der Waals surface area contributed by atoms with Crippen molar-refractivity contribution in [2.45, 2.75) is 96.2 Å². The van der Waals surface area contributed by atoms with Crippen LogP contribution in [0.1, 0.15) is 78.1 Å².